The fraction of sp³-hybridized carbons (Fsp3) is 0.214. The number of carbonyl (C=O) groups is 2. The predicted molar refractivity (Wildman–Crippen MR) is 80.5 cm³/mol. The lowest BCUT2D eigenvalue weighted by Crippen LogP contribution is -2.13. The smallest absolute Gasteiger partial charge is 0.307 e. The second-order valence-electron chi connectivity index (χ2n) is 4.58. The number of carboxylic acid groups (broad SMARTS) is 1. The molecule has 21 heavy (non-hydrogen) atoms. The fourth-order valence-electron chi connectivity index (χ4n) is 1.73. The first kappa shape index (κ1) is 15.1. The average Bonchev–Trinajstić information content (AvgIpc) is 2.88. The third-order valence-electron chi connectivity index (χ3n) is 2.68. The summed E-state index contributed by atoms with van der Waals surface area (Å²) in [4.78, 5) is 26.9. The maximum atomic E-state index is 12.1. The molecule has 0 fully saturated rings. The van der Waals surface area contributed by atoms with Crippen molar-refractivity contribution < 1.29 is 14.7 Å². The van der Waals surface area contributed by atoms with Gasteiger partial charge in [-0.25, -0.2) is 4.98 Å². The largest absolute Gasteiger partial charge is 0.481 e. The summed E-state index contributed by atoms with van der Waals surface area (Å²) in [6, 6.07) is 6.51. The molecule has 110 valence electrons. The van der Waals surface area contributed by atoms with E-state index in [2.05, 4.69) is 10.3 Å². The molecule has 1 unspecified atom stereocenters. The van der Waals surface area contributed by atoms with Crippen LogP contribution in [-0.4, -0.2) is 22.0 Å². The van der Waals surface area contributed by atoms with E-state index in [-0.39, 0.29) is 18.4 Å². The molecule has 0 saturated heterocycles. The number of thiazole rings is 1. The fourth-order valence-corrected chi connectivity index (χ4v) is 2.49. The van der Waals surface area contributed by atoms with Gasteiger partial charge in [-0.3, -0.25) is 9.59 Å². The Morgan fingerprint density at radius 1 is 1.48 bits per heavy atom. The highest BCUT2D eigenvalue weighted by Crippen LogP contribution is 2.17. The molecule has 4 N–H and O–H groups in total. The molecule has 0 radical (unpaired) electrons. The summed E-state index contributed by atoms with van der Waals surface area (Å²) in [7, 11) is 0. The SMILES string of the molecule is CC(N)c1nc(C(=O)Nc2cccc(CC(=O)O)c2)cs1. The Morgan fingerprint density at radius 2 is 2.24 bits per heavy atom. The first-order valence-electron chi connectivity index (χ1n) is 6.29. The van der Waals surface area contributed by atoms with Gasteiger partial charge in [-0.1, -0.05) is 12.1 Å². The standard InChI is InChI=1S/C14H15N3O3S/c1-8(15)14-17-11(7-21-14)13(20)16-10-4-2-3-9(5-10)6-12(18)19/h2-5,7-8H,6,15H2,1H3,(H,16,20)(H,18,19). The molecule has 0 aliphatic heterocycles. The lowest BCUT2D eigenvalue weighted by atomic mass is 10.1. The molecule has 0 aliphatic rings. The minimum atomic E-state index is -0.917. The number of nitrogens with one attached hydrogen (secondary N) is 1. The third kappa shape index (κ3) is 4.11. The summed E-state index contributed by atoms with van der Waals surface area (Å²) >= 11 is 1.33. The molecule has 0 aliphatic carbocycles. The number of aliphatic carboxylic acids is 1. The molecule has 1 amide bonds. The Kier molecular flexibility index (Phi) is 4.66. The normalized spacial score (nSPS) is 11.9. The summed E-state index contributed by atoms with van der Waals surface area (Å²) < 4.78 is 0. The van der Waals surface area contributed by atoms with Crippen molar-refractivity contribution in [2.45, 2.75) is 19.4 Å². The number of hydrogen-bond acceptors (Lipinski definition) is 5. The molecule has 0 saturated carbocycles. The second kappa shape index (κ2) is 6.47. The molecule has 1 aromatic carbocycles. The van der Waals surface area contributed by atoms with Crippen LogP contribution in [0.5, 0.6) is 0 Å². The minimum absolute atomic E-state index is 0.0880. The zero-order chi connectivity index (χ0) is 15.4. The van der Waals surface area contributed by atoms with Gasteiger partial charge >= 0.3 is 5.97 Å². The van der Waals surface area contributed by atoms with Gasteiger partial charge in [0, 0.05) is 11.1 Å². The molecular formula is C14H15N3O3S. The number of carboxylic acids is 1. The number of anilines is 1. The molecule has 0 spiro atoms. The Balaban J connectivity index is 2.09. The number of amides is 1. The number of benzene rings is 1. The molecule has 2 rings (SSSR count). The van der Waals surface area contributed by atoms with Crippen LogP contribution in [0.2, 0.25) is 0 Å². The molecule has 6 nitrogen and oxygen atoms in total. The summed E-state index contributed by atoms with van der Waals surface area (Å²) in [5.74, 6) is -1.26. The molecule has 0 bridgehead atoms. The van der Waals surface area contributed by atoms with E-state index in [0.29, 0.717) is 22.0 Å². The summed E-state index contributed by atoms with van der Waals surface area (Å²) in [6.07, 6.45) is -0.0880. The maximum Gasteiger partial charge on any atom is 0.307 e. The second-order valence-corrected chi connectivity index (χ2v) is 5.47. The van der Waals surface area contributed by atoms with Crippen LogP contribution in [0.3, 0.4) is 0 Å². The van der Waals surface area contributed by atoms with E-state index in [4.69, 9.17) is 10.8 Å². The van der Waals surface area contributed by atoms with E-state index in [9.17, 15) is 9.59 Å². The quantitative estimate of drug-likeness (QED) is 0.784. The van der Waals surface area contributed by atoms with E-state index in [1.807, 2.05) is 0 Å². The van der Waals surface area contributed by atoms with Crippen LogP contribution in [0.1, 0.15) is 34.0 Å². The van der Waals surface area contributed by atoms with Gasteiger partial charge in [0.2, 0.25) is 0 Å². The van der Waals surface area contributed by atoms with Gasteiger partial charge in [-0.2, -0.15) is 0 Å². The number of rotatable bonds is 5. The molecule has 1 heterocycles. The van der Waals surface area contributed by atoms with Crippen molar-refractivity contribution in [3.63, 3.8) is 0 Å². The third-order valence-corrected chi connectivity index (χ3v) is 3.73. The Morgan fingerprint density at radius 3 is 2.86 bits per heavy atom. The van der Waals surface area contributed by atoms with Gasteiger partial charge in [0.25, 0.3) is 5.91 Å². The number of nitrogens with zero attached hydrogens (tertiary/aromatic N) is 1. The highest BCUT2D eigenvalue weighted by molar-refractivity contribution is 7.09. The van der Waals surface area contributed by atoms with Crippen molar-refractivity contribution in [1.29, 1.82) is 0 Å². The van der Waals surface area contributed by atoms with Crippen LogP contribution >= 0.6 is 11.3 Å². The highest BCUT2D eigenvalue weighted by atomic mass is 32.1. The van der Waals surface area contributed by atoms with E-state index in [0.717, 1.165) is 0 Å². The van der Waals surface area contributed by atoms with Crippen molar-refractivity contribution in [3.8, 4) is 0 Å². The number of aromatic nitrogens is 1. The van der Waals surface area contributed by atoms with Crippen LogP contribution in [-0.2, 0) is 11.2 Å². The van der Waals surface area contributed by atoms with Gasteiger partial charge in [-0.05, 0) is 24.6 Å². The number of hydrogen-bond donors (Lipinski definition) is 3. The van der Waals surface area contributed by atoms with E-state index < -0.39 is 5.97 Å². The Labute approximate surface area is 125 Å². The lowest BCUT2D eigenvalue weighted by Gasteiger charge is -2.05. The van der Waals surface area contributed by atoms with Gasteiger partial charge in [0.15, 0.2) is 0 Å². The minimum Gasteiger partial charge on any atom is -0.481 e. The topological polar surface area (TPSA) is 105 Å². The Bertz CT molecular complexity index is 667. The summed E-state index contributed by atoms with van der Waals surface area (Å²) in [6.45, 7) is 1.80. The highest BCUT2D eigenvalue weighted by Gasteiger charge is 2.13. The van der Waals surface area contributed by atoms with Gasteiger partial charge in [0.05, 0.1) is 12.5 Å². The zero-order valence-corrected chi connectivity index (χ0v) is 12.2. The number of carbonyl (C=O) groups excluding carboxylic acids is 1. The molecule has 1 aromatic heterocycles. The monoisotopic (exact) mass is 305 g/mol. The van der Waals surface area contributed by atoms with Gasteiger partial charge in [0.1, 0.15) is 10.7 Å². The average molecular weight is 305 g/mol. The zero-order valence-electron chi connectivity index (χ0n) is 11.4. The van der Waals surface area contributed by atoms with E-state index in [1.165, 1.54) is 11.3 Å². The number of nitrogens with two attached hydrogens (primary N) is 1. The van der Waals surface area contributed by atoms with Crippen molar-refractivity contribution in [2.75, 3.05) is 5.32 Å². The molecular weight excluding hydrogens is 290 g/mol. The molecule has 2 aromatic rings. The van der Waals surface area contributed by atoms with Crippen molar-refractivity contribution in [1.82, 2.24) is 4.98 Å². The molecule has 1 atom stereocenters. The van der Waals surface area contributed by atoms with Crippen molar-refractivity contribution in [3.05, 3.63) is 45.9 Å². The predicted octanol–water partition coefficient (Wildman–Crippen LogP) is 2.04. The van der Waals surface area contributed by atoms with Crippen molar-refractivity contribution in [2.24, 2.45) is 5.73 Å². The van der Waals surface area contributed by atoms with Crippen LogP contribution in [0.15, 0.2) is 29.6 Å². The van der Waals surface area contributed by atoms with Gasteiger partial charge in [-0.15, -0.1) is 11.3 Å². The summed E-state index contributed by atoms with van der Waals surface area (Å²) in [5, 5.41) is 13.8. The van der Waals surface area contributed by atoms with Crippen LogP contribution in [0.4, 0.5) is 5.69 Å². The summed E-state index contributed by atoms with van der Waals surface area (Å²) in [5.41, 5.74) is 7.16. The van der Waals surface area contributed by atoms with Crippen LogP contribution in [0.25, 0.3) is 0 Å². The van der Waals surface area contributed by atoms with E-state index in [1.54, 1.807) is 36.6 Å². The van der Waals surface area contributed by atoms with Gasteiger partial charge < -0.3 is 16.2 Å². The van der Waals surface area contributed by atoms with Crippen molar-refractivity contribution >= 4 is 28.9 Å². The Hall–Kier alpha value is -2.25. The van der Waals surface area contributed by atoms with Crippen LogP contribution < -0.4 is 11.1 Å². The first-order chi connectivity index (χ1) is 9.95. The molecule has 7 heteroatoms. The first-order valence-corrected chi connectivity index (χ1v) is 7.17. The maximum absolute atomic E-state index is 12.1. The van der Waals surface area contributed by atoms with E-state index >= 15 is 0 Å². The lowest BCUT2D eigenvalue weighted by molar-refractivity contribution is -0.136. The van der Waals surface area contributed by atoms with Crippen LogP contribution in [0, 0.1) is 0 Å².